The normalized spacial score (nSPS) is 14.9. The molecule has 0 atom stereocenters. The lowest BCUT2D eigenvalue weighted by atomic mass is 10.0. The van der Waals surface area contributed by atoms with Gasteiger partial charge < -0.3 is 15.2 Å². The Labute approximate surface area is 116 Å². The van der Waals surface area contributed by atoms with Gasteiger partial charge in [0.25, 0.3) is 5.56 Å². The maximum absolute atomic E-state index is 11.4. The summed E-state index contributed by atoms with van der Waals surface area (Å²) in [5.41, 5.74) is 0.731. The zero-order chi connectivity index (χ0) is 13.9. The maximum Gasteiger partial charge on any atom is 0.290 e. The molecule has 7 nitrogen and oxygen atoms in total. The van der Waals surface area contributed by atoms with E-state index in [1.165, 1.54) is 6.20 Å². The van der Waals surface area contributed by atoms with E-state index in [4.69, 9.17) is 0 Å². The minimum Gasteiger partial charge on any atom is -0.365 e. The van der Waals surface area contributed by atoms with E-state index in [1.54, 1.807) is 6.20 Å². The molecule has 0 radical (unpaired) electrons. The fourth-order valence-corrected chi connectivity index (χ4v) is 2.17. The van der Waals surface area contributed by atoms with Gasteiger partial charge in [0.2, 0.25) is 0 Å². The first-order valence-electron chi connectivity index (χ1n) is 6.55. The largest absolute Gasteiger partial charge is 0.365 e. The average molecular weight is 272 g/mol. The minimum absolute atomic E-state index is 0.187. The molecule has 1 aliphatic rings. The number of H-pyrrole nitrogens is 1. The first kappa shape index (κ1) is 12.6. The number of hydrogen-bond donors (Lipinski definition) is 2. The lowest BCUT2D eigenvalue weighted by Gasteiger charge is -2.39. The van der Waals surface area contributed by atoms with Crippen molar-refractivity contribution in [3.63, 3.8) is 0 Å². The van der Waals surface area contributed by atoms with Gasteiger partial charge in [-0.05, 0) is 19.1 Å². The third-order valence-corrected chi connectivity index (χ3v) is 3.33. The van der Waals surface area contributed by atoms with Crippen molar-refractivity contribution >= 4 is 11.6 Å². The summed E-state index contributed by atoms with van der Waals surface area (Å²) >= 11 is 0. The predicted molar refractivity (Wildman–Crippen MR) is 75.8 cm³/mol. The van der Waals surface area contributed by atoms with Crippen LogP contribution in [0.1, 0.15) is 5.69 Å². The Bertz CT molecular complexity index is 632. The van der Waals surface area contributed by atoms with Crippen molar-refractivity contribution in [3.05, 3.63) is 40.6 Å². The highest BCUT2D eigenvalue weighted by Crippen LogP contribution is 2.21. The quantitative estimate of drug-likeness (QED) is 0.838. The van der Waals surface area contributed by atoms with Crippen LogP contribution in [0, 0.1) is 12.8 Å². The number of aromatic amines is 1. The summed E-state index contributed by atoms with van der Waals surface area (Å²) in [6.07, 6.45) is 3.09. The molecule has 1 aliphatic heterocycles. The number of aryl methyl sites for hydroxylation is 1. The highest BCUT2D eigenvalue weighted by molar-refractivity contribution is 5.41. The molecule has 104 valence electrons. The number of nitrogens with zero attached hydrogens (tertiary/aromatic N) is 4. The summed E-state index contributed by atoms with van der Waals surface area (Å²) in [6.45, 7) is 4.48. The first-order valence-corrected chi connectivity index (χ1v) is 6.55. The van der Waals surface area contributed by atoms with Crippen LogP contribution >= 0.6 is 0 Å². The van der Waals surface area contributed by atoms with Gasteiger partial charge in [0.1, 0.15) is 0 Å². The molecule has 0 aliphatic carbocycles. The van der Waals surface area contributed by atoms with Crippen LogP contribution < -0.4 is 15.8 Å². The number of hydrogen-bond acceptors (Lipinski definition) is 6. The smallest absolute Gasteiger partial charge is 0.290 e. The molecule has 3 heterocycles. The topological polar surface area (TPSA) is 86.8 Å². The van der Waals surface area contributed by atoms with Gasteiger partial charge in [-0.15, -0.1) is 5.10 Å². The standard InChI is InChI=1S/C13H16N6O/c1-9-2-3-11(18-17-9)19-7-10(8-19)6-16-12-13(20)15-5-4-14-12/h2-5,10H,6-8H2,1H3,(H,14,16)(H,15,20). The summed E-state index contributed by atoms with van der Waals surface area (Å²) in [7, 11) is 0. The zero-order valence-electron chi connectivity index (χ0n) is 11.2. The number of nitrogens with one attached hydrogen (secondary N) is 2. The summed E-state index contributed by atoms with van der Waals surface area (Å²) in [5.74, 6) is 1.77. The molecule has 0 saturated carbocycles. The second-order valence-electron chi connectivity index (χ2n) is 4.95. The van der Waals surface area contributed by atoms with Crippen LogP contribution in [0.3, 0.4) is 0 Å². The van der Waals surface area contributed by atoms with E-state index >= 15 is 0 Å². The van der Waals surface area contributed by atoms with Gasteiger partial charge in [-0.1, -0.05) is 0 Å². The number of anilines is 2. The van der Waals surface area contributed by atoms with Crippen LogP contribution in [0.25, 0.3) is 0 Å². The first-order chi connectivity index (χ1) is 9.72. The Hall–Kier alpha value is -2.44. The molecule has 3 rings (SSSR count). The molecule has 0 bridgehead atoms. The highest BCUT2D eigenvalue weighted by atomic mass is 16.1. The van der Waals surface area contributed by atoms with Crippen molar-refractivity contribution in [2.75, 3.05) is 29.9 Å². The van der Waals surface area contributed by atoms with E-state index in [1.807, 2.05) is 19.1 Å². The highest BCUT2D eigenvalue weighted by Gasteiger charge is 2.27. The molecule has 0 amide bonds. The van der Waals surface area contributed by atoms with Gasteiger partial charge in [-0.2, -0.15) is 5.10 Å². The maximum atomic E-state index is 11.4. The SMILES string of the molecule is Cc1ccc(N2CC(CNc3ncc[nH]c3=O)C2)nn1. The molecule has 7 heteroatoms. The van der Waals surface area contributed by atoms with Gasteiger partial charge in [-0.25, -0.2) is 4.98 Å². The lowest BCUT2D eigenvalue weighted by Crippen LogP contribution is -2.50. The van der Waals surface area contributed by atoms with E-state index in [2.05, 4.69) is 30.4 Å². The van der Waals surface area contributed by atoms with Crippen LogP contribution in [0.4, 0.5) is 11.6 Å². The molecule has 1 fully saturated rings. The van der Waals surface area contributed by atoms with Crippen molar-refractivity contribution < 1.29 is 0 Å². The van der Waals surface area contributed by atoms with Crippen LogP contribution in [-0.2, 0) is 0 Å². The summed E-state index contributed by atoms with van der Waals surface area (Å²) in [6, 6.07) is 3.94. The summed E-state index contributed by atoms with van der Waals surface area (Å²) < 4.78 is 0. The van der Waals surface area contributed by atoms with Crippen molar-refractivity contribution in [1.82, 2.24) is 20.2 Å². The zero-order valence-corrected chi connectivity index (χ0v) is 11.2. The van der Waals surface area contributed by atoms with Gasteiger partial charge in [0.05, 0.1) is 5.69 Å². The summed E-state index contributed by atoms with van der Waals surface area (Å²) in [4.78, 5) is 20.2. The molecular weight excluding hydrogens is 256 g/mol. The average Bonchev–Trinajstić information content (AvgIpc) is 2.41. The lowest BCUT2D eigenvalue weighted by molar-refractivity contribution is 0.425. The molecule has 0 unspecified atom stereocenters. The predicted octanol–water partition coefficient (Wildman–Crippen LogP) is 0.417. The minimum atomic E-state index is -0.187. The van der Waals surface area contributed by atoms with Crippen LogP contribution in [0.5, 0.6) is 0 Å². The Morgan fingerprint density at radius 1 is 1.40 bits per heavy atom. The van der Waals surface area contributed by atoms with Crippen LogP contribution in [-0.4, -0.2) is 39.8 Å². The van der Waals surface area contributed by atoms with Crippen molar-refractivity contribution in [2.45, 2.75) is 6.92 Å². The molecular formula is C13H16N6O. The third-order valence-electron chi connectivity index (χ3n) is 3.33. The fraction of sp³-hybridized carbons (Fsp3) is 0.385. The Kier molecular flexibility index (Phi) is 3.32. The van der Waals surface area contributed by atoms with Crippen molar-refractivity contribution in [3.8, 4) is 0 Å². The number of aromatic nitrogens is 4. The van der Waals surface area contributed by atoms with E-state index < -0.39 is 0 Å². The third kappa shape index (κ3) is 2.61. The summed E-state index contributed by atoms with van der Waals surface area (Å²) in [5, 5.41) is 11.3. The van der Waals surface area contributed by atoms with Crippen molar-refractivity contribution in [2.24, 2.45) is 5.92 Å². The second kappa shape index (κ2) is 5.28. The van der Waals surface area contributed by atoms with E-state index in [-0.39, 0.29) is 5.56 Å². The van der Waals surface area contributed by atoms with E-state index in [9.17, 15) is 4.79 Å². The van der Waals surface area contributed by atoms with Crippen LogP contribution in [0.2, 0.25) is 0 Å². The second-order valence-corrected chi connectivity index (χ2v) is 4.95. The molecule has 2 aromatic rings. The van der Waals surface area contributed by atoms with Gasteiger partial charge in [0, 0.05) is 37.9 Å². The molecule has 1 saturated heterocycles. The molecule has 2 N–H and O–H groups in total. The van der Waals surface area contributed by atoms with E-state index in [0.29, 0.717) is 11.7 Å². The molecule has 0 aromatic carbocycles. The number of rotatable bonds is 4. The van der Waals surface area contributed by atoms with Crippen molar-refractivity contribution in [1.29, 1.82) is 0 Å². The Morgan fingerprint density at radius 3 is 2.95 bits per heavy atom. The van der Waals surface area contributed by atoms with E-state index in [0.717, 1.165) is 31.1 Å². The van der Waals surface area contributed by atoms with Gasteiger partial charge >= 0.3 is 0 Å². The molecule has 20 heavy (non-hydrogen) atoms. The molecule has 0 spiro atoms. The van der Waals surface area contributed by atoms with Gasteiger partial charge in [0.15, 0.2) is 11.6 Å². The van der Waals surface area contributed by atoms with Gasteiger partial charge in [-0.3, -0.25) is 4.79 Å². The Morgan fingerprint density at radius 2 is 2.25 bits per heavy atom. The molecule has 2 aromatic heterocycles. The Balaban J connectivity index is 1.50. The monoisotopic (exact) mass is 272 g/mol. The fourth-order valence-electron chi connectivity index (χ4n) is 2.17. The van der Waals surface area contributed by atoms with Crippen LogP contribution in [0.15, 0.2) is 29.3 Å².